The highest BCUT2D eigenvalue weighted by Gasteiger charge is 2.52. The van der Waals surface area contributed by atoms with Gasteiger partial charge in [0.25, 0.3) is 0 Å². The zero-order valence-electron chi connectivity index (χ0n) is 84.3. The molecular weight excluding hydrogens is 1770 g/mol. The van der Waals surface area contributed by atoms with Gasteiger partial charge in [-0.05, 0) is 267 Å². The SMILES string of the molecule is Cc1cc2c(c3ccccc13)-c1ccccc1C2(C)C.Cc1cc2oc3ccccc3c2c2ccccc12.Cc1ccc(C(c2ccccc2)(c2ccccc2)c2ccccc2)cc1.Cc1ccc2c(c1)C(C)(C)c1ccc3ccccc3c1-2.Cc1ccc2c(c1)C1(c3ccccc3-c3ccccc31)c1ccccc1-2.Cc1ccc2c(c1)oc1c3ccccc3ccc21.Cc1ccc2c(c1)oc1ccc3ccccc3c12. The molecule has 26 aromatic rings. The molecule has 1 spiro atoms. The zero-order chi connectivity index (χ0) is 99.3. The van der Waals surface area contributed by atoms with E-state index in [-0.39, 0.29) is 21.7 Å². The Bertz CT molecular complexity index is 9400. The Morgan fingerprint density at radius 1 is 0.178 bits per heavy atom. The van der Waals surface area contributed by atoms with Gasteiger partial charge in [-0.1, -0.05) is 487 Å². The smallest absolute Gasteiger partial charge is 0.143 e. The van der Waals surface area contributed by atoms with Crippen molar-refractivity contribution < 1.29 is 13.3 Å². The molecule has 3 nitrogen and oxygen atoms in total. The van der Waals surface area contributed by atoms with Gasteiger partial charge in [-0.15, -0.1) is 0 Å². The summed E-state index contributed by atoms with van der Waals surface area (Å²) in [4.78, 5) is 0. The largest absolute Gasteiger partial charge is 0.456 e. The van der Waals surface area contributed by atoms with E-state index in [9.17, 15) is 0 Å². The van der Waals surface area contributed by atoms with Gasteiger partial charge in [-0.3, -0.25) is 0 Å². The molecule has 702 valence electrons. The molecule has 0 bridgehead atoms. The quantitative estimate of drug-likeness (QED) is 0.165. The number of benzene rings is 23. The van der Waals surface area contributed by atoms with Crippen molar-refractivity contribution in [2.24, 2.45) is 0 Å². The standard InChI is InChI=1S/C26H18.C26H22.2C20H18.3C17H12O/c1-17-14-15-21-20-10-4-7-13-24(20)26(25(21)16-17)22-11-5-2-8-18(22)19-9-3-6-12-23(19)26;1-21-17-19-25(20-18-21)26(22-11-5-2-6-12-22,23-13-7-3-8-14-23)24-15-9-4-10-16-24;1-13-12-18-19(15-9-5-4-8-14(13)15)16-10-6-7-11-17(16)20(18,2)3;1-13-8-10-16-18(12-13)20(2,3)17-11-9-14-6-4-5-7-15(14)19(16)17;1-11-10-16-17(13-7-3-2-6-12(11)13)14-8-4-5-9-15(14)18-16;1-11-6-8-14-16(10-11)18-15-9-7-12-4-2-3-5-13(12)17(14)15;1-11-6-8-14-15-9-7-12-4-2-3-5-13(12)17(15)18-16(14)10-11/h2-16H,1H3;2-20H,1H3;2*4-12H,1-3H3;3*2-10H,1H3. The number of hydrogen-bond acceptors (Lipinski definition) is 3. The molecule has 0 N–H and O–H groups in total. The second kappa shape index (κ2) is 36.9. The molecule has 0 radical (unpaired) electrons. The summed E-state index contributed by atoms with van der Waals surface area (Å²) in [6.45, 7) is 24.4. The second-order valence-electron chi connectivity index (χ2n) is 41.1. The van der Waals surface area contributed by atoms with E-state index in [0.717, 1.165) is 33.5 Å². The lowest BCUT2D eigenvalue weighted by atomic mass is 9.65. The van der Waals surface area contributed by atoms with Gasteiger partial charge in [-0.2, -0.15) is 0 Å². The topological polar surface area (TPSA) is 39.4 Å². The van der Waals surface area contributed by atoms with Gasteiger partial charge in [0, 0.05) is 48.5 Å². The lowest BCUT2D eigenvalue weighted by Gasteiger charge is -2.36. The molecule has 3 heterocycles. The number of hydrogen-bond donors (Lipinski definition) is 0. The second-order valence-corrected chi connectivity index (χ2v) is 41.1. The lowest BCUT2D eigenvalue weighted by Crippen LogP contribution is -2.30. The lowest BCUT2D eigenvalue weighted by molar-refractivity contribution is 0.660. The fraction of sp³-hybridized carbons (Fsp3) is 0.105. The molecule has 3 aromatic heterocycles. The highest BCUT2D eigenvalue weighted by molar-refractivity contribution is 6.21. The Hall–Kier alpha value is -17.2. The first-order chi connectivity index (χ1) is 71.3. The maximum absolute atomic E-state index is 6.05. The third kappa shape index (κ3) is 15.3. The van der Waals surface area contributed by atoms with E-state index in [2.05, 4.69) is 543 Å². The highest BCUT2D eigenvalue weighted by atomic mass is 16.3. The van der Waals surface area contributed by atoms with Gasteiger partial charge in [0.1, 0.15) is 33.5 Å². The third-order valence-corrected chi connectivity index (χ3v) is 31.4. The van der Waals surface area contributed by atoms with Crippen LogP contribution >= 0.6 is 0 Å². The molecule has 4 aliphatic rings. The van der Waals surface area contributed by atoms with Crippen molar-refractivity contribution in [2.45, 2.75) is 97.8 Å². The minimum atomic E-state index is -0.336. The minimum absolute atomic E-state index is 0.0979. The molecule has 0 fully saturated rings. The van der Waals surface area contributed by atoms with Crippen molar-refractivity contribution in [2.75, 3.05) is 0 Å². The van der Waals surface area contributed by atoms with Gasteiger partial charge in [0.2, 0.25) is 0 Å². The molecule has 0 saturated carbocycles. The molecule has 146 heavy (non-hydrogen) atoms. The number of fused-ring (bicyclic) bond motifs is 35. The monoisotopic (exact) mass is 1880 g/mol. The summed E-state index contributed by atoms with van der Waals surface area (Å²) in [7, 11) is 0. The maximum atomic E-state index is 6.05. The Balaban J connectivity index is 0.0000000918. The zero-order valence-corrected chi connectivity index (χ0v) is 84.3. The molecule has 0 amide bonds. The van der Waals surface area contributed by atoms with Crippen molar-refractivity contribution in [3.63, 3.8) is 0 Å². The van der Waals surface area contributed by atoms with E-state index in [1.165, 1.54) is 236 Å². The Kier molecular flexibility index (Phi) is 23.1. The van der Waals surface area contributed by atoms with Crippen LogP contribution in [0.4, 0.5) is 0 Å². The van der Waals surface area contributed by atoms with Crippen LogP contribution in [-0.2, 0) is 21.7 Å². The molecular formula is C143H112O3. The summed E-state index contributed by atoms with van der Waals surface area (Å²) in [5.41, 5.74) is 42.3. The fourth-order valence-electron chi connectivity index (χ4n) is 24.5. The molecule has 23 aromatic carbocycles. The van der Waals surface area contributed by atoms with Crippen molar-refractivity contribution in [3.8, 4) is 44.5 Å². The van der Waals surface area contributed by atoms with Gasteiger partial charge in [0.05, 0.1) is 10.8 Å². The molecule has 0 saturated heterocycles. The van der Waals surface area contributed by atoms with Crippen LogP contribution in [0.15, 0.2) is 492 Å². The van der Waals surface area contributed by atoms with Crippen LogP contribution in [0, 0.1) is 48.5 Å². The Labute approximate surface area is 854 Å². The van der Waals surface area contributed by atoms with Crippen molar-refractivity contribution in [1.29, 1.82) is 0 Å². The Morgan fingerprint density at radius 3 is 1.14 bits per heavy atom. The average Bonchev–Trinajstić information content (AvgIpc) is 1.51. The van der Waals surface area contributed by atoms with Crippen molar-refractivity contribution in [1.82, 2.24) is 0 Å². The van der Waals surface area contributed by atoms with Crippen LogP contribution < -0.4 is 0 Å². The highest BCUT2D eigenvalue weighted by Crippen LogP contribution is 2.63. The number of para-hydroxylation sites is 1. The first-order valence-electron chi connectivity index (χ1n) is 51.1. The van der Waals surface area contributed by atoms with E-state index in [1.54, 1.807) is 0 Å². The van der Waals surface area contributed by atoms with Crippen LogP contribution in [0.25, 0.3) is 164 Å². The van der Waals surface area contributed by atoms with Gasteiger partial charge in [0.15, 0.2) is 0 Å². The molecule has 4 aliphatic carbocycles. The minimum Gasteiger partial charge on any atom is -0.456 e. The fourth-order valence-corrected chi connectivity index (χ4v) is 24.5. The van der Waals surface area contributed by atoms with Crippen molar-refractivity contribution in [3.05, 3.63) is 585 Å². The average molecular weight is 1880 g/mol. The van der Waals surface area contributed by atoms with E-state index in [0.29, 0.717) is 0 Å². The van der Waals surface area contributed by atoms with Gasteiger partial charge in [-0.25, -0.2) is 0 Å². The normalized spacial score (nSPS) is 13.1. The summed E-state index contributed by atoms with van der Waals surface area (Å²) >= 11 is 0. The van der Waals surface area contributed by atoms with Crippen LogP contribution in [0.2, 0.25) is 0 Å². The molecule has 0 atom stereocenters. The predicted molar refractivity (Wildman–Crippen MR) is 617 cm³/mol. The maximum Gasteiger partial charge on any atom is 0.143 e. The third-order valence-electron chi connectivity index (χ3n) is 31.4. The first kappa shape index (κ1) is 91.3. The Morgan fingerprint density at radius 2 is 0.541 bits per heavy atom. The summed E-state index contributed by atoms with van der Waals surface area (Å²) in [5, 5.41) is 20.2. The predicted octanol–water partition coefficient (Wildman–Crippen LogP) is 38.8. The van der Waals surface area contributed by atoms with E-state index >= 15 is 0 Å². The van der Waals surface area contributed by atoms with Crippen LogP contribution in [0.5, 0.6) is 0 Å². The first-order valence-corrected chi connectivity index (χ1v) is 51.1. The molecule has 0 unspecified atom stereocenters. The van der Waals surface area contributed by atoms with Crippen LogP contribution in [-0.4, -0.2) is 0 Å². The summed E-state index contributed by atoms with van der Waals surface area (Å²) in [5.74, 6) is 0. The van der Waals surface area contributed by atoms with Crippen LogP contribution in [0.3, 0.4) is 0 Å². The number of aryl methyl sites for hydroxylation is 7. The van der Waals surface area contributed by atoms with Gasteiger partial charge >= 0.3 is 0 Å². The molecule has 30 rings (SSSR count). The molecule has 3 heteroatoms. The summed E-state index contributed by atoms with van der Waals surface area (Å²) in [6.07, 6.45) is 0. The van der Waals surface area contributed by atoms with E-state index in [4.69, 9.17) is 13.3 Å². The van der Waals surface area contributed by atoms with Crippen molar-refractivity contribution >= 4 is 120 Å². The van der Waals surface area contributed by atoms with Gasteiger partial charge < -0.3 is 13.3 Å². The summed E-state index contributed by atoms with van der Waals surface area (Å²) in [6, 6.07) is 172. The van der Waals surface area contributed by atoms with E-state index in [1.807, 2.05) is 12.1 Å². The number of furan rings is 3. The summed E-state index contributed by atoms with van der Waals surface area (Å²) < 4.78 is 17.9. The number of rotatable bonds is 4. The van der Waals surface area contributed by atoms with Crippen LogP contribution in [0.1, 0.15) is 133 Å². The molecule has 0 aliphatic heterocycles. The van der Waals surface area contributed by atoms with E-state index < -0.39 is 0 Å².